The van der Waals surface area contributed by atoms with Gasteiger partial charge in [0.2, 0.25) is 0 Å². The van der Waals surface area contributed by atoms with Crippen molar-refractivity contribution in [2.45, 2.75) is 39.2 Å². The van der Waals surface area contributed by atoms with Gasteiger partial charge in [0.05, 0.1) is 0 Å². The summed E-state index contributed by atoms with van der Waals surface area (Å²) in [6.45, 7) is 6.79. The molecule has 1 fully saturated rings. The molecule has 0 amide bonds. The highest BCUT2D eigenvalue weighted by Gasteiger charge is 2.20. The number of aliphatic hydroxyl groups excluding tert-OH is 1. The number of aliphatic hydroxyl groups is 1. The fourth-order valence-corrected chi connectivity index (χ4v) is 3.51. The molecule has 2 heterocycles. The van der Waals surface area contributed by atoms with Gasteiger partial charge >= 0.3 is 0 Å². The fraction of sp³-hybridized carbons (Fsp3) is 0.786. The van der Waals surface area contributed by atoms with Gasteiger partial charge in [-0.3, -0.25) is 4.90 Å². The van der Waals surface area contributed by atoms with Gasteiger partial charge in [-0.1, -0.05) is 6.92 Å². The lowest BCUT2D eigenvalue weighted by Crippen LogP contribution is -2.35. The molecule has 0 radical (unpaired) electrons. The van der Waals surface area contributed by atoms with Crippen molar-refractivity contribution < 1.29 is 5.11 Å². The van der Waals surface area contributed by atoms with Gasteiger partial charge in [-0.25, -0.2) is 4.98 Å². The largest absolute Gasteiger partial charge is 0.396 e. The van der Waals surface area contributed by atoms with E-state index < -0.39 is 0 Å². The standard InChI is InChI=1S/C14H25N3OS/c1-2-6-15-14-16-9-13(19-14)11-17-7-3-4-12(10-17)5-8-18/h9,12,18H,2-8,10-11H2,1H3,(H,15,16). The summed E-state index contributed by atoms with van der Waals surface area (Å²) in [4.78, 5) is 8.25. The molecule has 19 heavy (non-hydrogen) atoms. The van der Waals surface area contributed by atoms with Crippen molar-refractivity contribution in [2.24, 2.45) is 5.92 Å². The zero-order chi connectivity index (χ0) is 13.5. The third kappa shape index (κ3) is 4.75. The Balaban J connectivity index is 1.81. The number of piperidine rings is 1. The summed E-state index contributed by atoms with van der Waals surface area (Å²) >= 11 is 1.77. The lowest BCUT2D eigenvalue weighted by molar-refractivity contribution is 0.143. The SMILES string of the molecule is CCCNc1ncc(CN2CCCC(CCO)C2)s1. The molecule has 108 valence electrons. The van der Waals surface area contributed by atoms with Crippen LogP contribution in [-0.2, 0) is 6.54 Å². The molecule has 2 N–H and O–H groups in total. The lowest BCUT2D eigenvalue weighted by Gasteiger charge is -2.32. The number of thiazole rings is 1. The number of anilines is 1. The minimum Gasteiger partial charge on any atom is -0.396 e. The molecule has 1 atom stereocenters. The number of hydrogen-bond acceptors (Lipinski definition) is 5. The number of nitrogens with zero attached hydrogens (tertiary/aromatic N) is 2. The third-order valence-electron chi connectivity index (χ3n) is 3.60. The Bertz CT molecular complexity index is 367. The molecule has 1 unspecified atom stereocenters. The van der Waals surface area contributed by atoms with Gasteiger partial charge in [0, 0.05) is 37.3 Å². The summed E-state index contributed by atoms with van der Waals surface area (Å²) in [5.74, 6) is 0.671. The van der Waals surface area contributed by atoms with Crippen LogP contribution in [0.2, 0.25) is 0 Å². The Labute approximate surface area is 119 Å². The molecule has 1 saturated heterocycles. The molecule has 1 aromatic heterocycles. The average Bonchev–Trinajstić information content (AvgIpc) is 2.85. The van der Waals surface area contributed by atoms with Crippen molar-refractivity contribution in [3.63, 3.8) is 0 Å². The second kappa shape index (κ2) is 7.82. The smallest absolute Gasteiger partial charge is 0.182 e. The molecule has 1 aromatic rings. The van der Waals surface area contributed by atoms with E-state index in [9.17, 15) is 0 Å². The van der Waals surface area contributed by atoms with Gasteiger partial charge in [-0.15, -0.1) is 11.3 Å². The molecule has 1 aliphatic heterocycles. The number of rotatable bonds is 7. The van der Waals surface area contributed by atoms with Crippen LogP contribution in [-0.4, -0.2) is 41.2 Å². The predicted molar refractivity (Wildman–Crippen MR) is 80.6 cm³/mol. The Morgan fingerprint density at radius 2 is 2.47 bits per heavy atom. The van der Waals surface area contributed by atoms with Crippen LogP contribution in [0.25, 0.3) is 0 Å². The van der Waals surface area contributed by atoms with Gasteiger partial charge in [0.1, 0.15) is 0 Å². The maximum Gasteiger partial charge on any atom is 0.182 e. The van der Waals surface area contributed by atoms with E-state index in [1.165, 1.54) is 24.3 Å². The summed E-state index contributed by atoms with van der Waals surface area (Å²) < 4.78 is 0. The van der Waals surface area contributed by atoms with E-state index in [1.807, 2.05) is 6.20 Å². The Morgan fingerprint density at radius 3 is 3.26 bits per heavy atom. The minimum absolute atomic E-state index is 0.324. The van der Waals surface area contributed by atoms with E-state index in [-0.39, 0.29) is 0 Å². The maximum absolute atomic E-state index is 9.05. The topological polar surface area (TPSA) is 48.4 Å². The molecule has 0 saturated carbocycles. The number of hydrogen-bond donors (Lipinski definition) is 2. The van der Waals surface area contributed by atoms with Crippen LogP contribution in [0, 0.1) is 5.92 Å². The van der Waals surface area contributed by atoms with Gasteiger partial charge in [-0.05, 0) is 38.1 Å². The molecular weight excluding hydrogens is 258 g/mol. The first-order valence-corrected chi connectivity index (χ1v) is 8.15. The van der Waals surface area contributed by atoms with Gasteiger partial charge in [0.15, 0.2) is 5.13 Å². The third-order valence-corrected chi connectivity index (χ3v) is 4.54. The normalized spacial score (nSPS) is 20.6. The summed E-state index contributed by atoms with van der Waals surface area (Å²) in [5.41, 5.74) is 0. The van der Waals surface area contributed by atoms with Crippen molar-refractivity contribution in [2.75, 3.05) is 31.6 Å². The van der Waals surface area contributed by atoms with E-state index in [0.717, 1.165) is 37.6 Å². The van der Waals surface area contributed by atoms with Crippen molar-refractivity contribution in [1.82, 2.24) is 9.88 Å². The summed E-state index contributed by atoms with van der Waals surface area (Å²) in [7, 11) is 0. The quantitative estimate of drug-likeness (QED) is 0.807. The first kappa shape index (κ1) is 14.8. The monoisotopic (exact) mass is 283 g/mol. The molecule has 0 aliphatic carbocycles. The minimum atomic E-state index is 0.324. The van der Waals surface area contributed by atoms with E-state index in [1.54, 1.807) is 11.3 Å². The zero-order valence-corrected chi connectivity index (χ0v) is 12.6. The van der Waals surface area contributed by atoms with Crippen molar-refractivity contribution in [3.05, 3.63) is 11.1 Å². The summed E-state index contributed by atoms with van der Waals surface area (Å²) in [6, 6.07) is 0. The Morgan fingerprint density at radius 1 is 1.58 bits per heavy atom. The van der Waals surface area contributed by atoms with Crippen molar-refractivity contribution in [3.8, 4) is 0 Å². The molecule has 2 rings (SSSR count). The molecule has 5 heteroatoms. The van der Waals surface area contributed by atoms with Crippen molar-refractivity contribution in [1.29, 1.82) is 0 Å². The molecule has 4 nitrogen and oxygen atoms in total. The van der Waals surface area contributed by atoms with Crippen LogP contribution in [0.4, 0.5) is 5.13 Å². The molecule has 0 spiro atoms. The van der Waals surface area contributed by atoms with Crippen LogP contribution in [0.1, 0.15) is 37.5 Å². The highest BCUT2D eigenvalue weighted by molar-refractivity contribution is 7.15. The predicted octanol–water partition coefficient (Wildman–Crippen LogP) is 2.56. The van der Waals surface area contributed by atoms with Crippen LogP contribution in [0.15, 0.2) is 6.20 Å². The lowest BCUT2D eigenvalue weighted by atomic mass is 9.95. The highest BCUT2D eigenvalue weighted by Crippen LogP contribution is 2.24. The van der Waals surface area contributed by atoms with Crippen LogP contribution in [0.5, 0.6) is 0 Å². The van der Waals surface area contributed by atoms with E-state index >= 15 is 0 Å². The molecule has 0 bridgehead atoms. The Hall–Kier alpha value is -0.650. The maximum atomic E-state index is 9.05. The highest BCUT2D eigenvalue weighted by atomic mass is 32.1. The number of nitrogens with one attached hydrogen (secondary N) is 1. The fourth-order valence-electron chi connectivity index (χ4n) is 2.63. The summed E-state index contributed by atoms with van der Waals surface area (Å²) in [5, 5.41) is 13.4. The second-order valence-corrected chi connectivity index (χ2v) is 6.43. The second-order valence-electron chi connectivity index (χ2n) is 5.31. The van der Waals surface area contributed by atoms with Crippen LogP contribution < -0.4 is 5.32 Å². The van der Waals surface area contributed by atoms with E-state index in [2.05, 4.69) is 22.1 Å². The van der Waals surface area contributed by atoms with Gasteiger partial charge in [0.25, 0.3) is 0 Å². The van der Waals surface area contributed by atoms with Crippen LogP contribution >= 0.6 is 11.3 Å². The molecule has 0 aromatic carbocycles. The first-order chi connectivity index (χ1) is 9.31. The molecule has 1 aliphatic rings. The van der Waals surface area contributed by atoms with Gasteiger partial charge in [-0.2, -0.15) is 0 Å². The van der Waals surface area contributed by atoms with E-state index in [0.29, 0.717) is 12.5 Å². The molecular formula is C14H25N3OS. The average molecular weight is 283 g/mol. The zero-order valence-electron chi connectivity index (χ0n) is 11.8. The summed E-state index contributed by atoms with van der Waals surface area (Å²) in [6.07, 6.45) is 6.60. The number of aromatic nitrogens is 1. The first-order valence-electron chi connectivity index (χ1n) is 7.33. The van der Waals surface area contributed by atoms with Gasteiger partial charge < -0.3 is 10.4 Å². The number of likely N-dealkylation sites (tertiary alicyclic amines) is 1. The van der Waals surface area contributed by atoms with E-state index in [4.69, 9.17) is 5.11 Å². The van der Waals surface area contributed by atoms with Crippen molar-refractivity contribution >= 4 is 16.5 Å². The van der Waals surface area contributed by atoms with Crippen LogP contribution in [0.3, 0.4) is 0 Å². The Kier molecular flexibility index (Phi) is 6.07.